The fourth-order valence-corrected chi connectivity index (χ4v) is 2.43. The number of hydrogen-bond acceptors (Lipinski definition) is 5. The molecular weight excluding hydrogens is 282 g/mol. The number of carboxylic acid groups (broad SMARTS) is 1. The van der Waals surface area contributed by atoms with Gasteiger partial charge < -0.3 is 14.7 Å². The van der Waals surface area contributed by atoms with Crippen molar-refractivity contribution in [3.8, 4) is 5.75 Å². The molecule has 1 fully saturated rings. The number of anilines is 1. The quantitative estimate of drug-likeness (QED) is 0.913. The maximum atomic E-state index is 11.2. The van der Waals surface area contributed by atoms with Crippen LogP contribution in [-0.2, 0) is 6.61 Å². The zero-order chi connectivity index (χ0) is 15.4. The largest absolute Gasteiger partial charge is 0.486 e. The van der Waals surface area contributed by atoms with Gasteiger partial charge in [-0.25, -0.2) is 14.8 Å². The number of carbonyl (C=O) groups is 1. The number of rotatable bonds is 5. The van der Waals surface area contributed by atoms with E-state index in [0.717, 1.165) is 25.9 Å². The number of aromatic nitrogens is 2. The summed E-state index contributed by atoms with van der Waals surface area (Å²) in [6.45, 7) is 1.94. The number of para-hydroxylation sites is 1. The summed E-state index contributed by atoms with van der Waals surface area (Å²) >= 11 is 0. The average molecular weight is 299 g/mol. The van der Waals surface area contributed by atoms with E-state index in [4.69, 9.17) is 4.74 Å². The van der Waals surface area contributed by atoms with Gasteiger partial charge in [0.2, 0.25) is 0 Å². The fraction of sp³-hybridized carbons (Fsp3) is 0.312. The van der Waals surface area contributed by atoms with Crippen LogP contribution in [0.4, 0.5) is 5.82 Å². The Kier molecular flexibility index (Phi) is 4.18. The Morgan fingerprint density at radius 2 is 1.91 bits per heavy atom. The second-order valence-electron chi connectivity index (χ2n) is 5.13. The van der Waals surface area contributed by atoms with Crippen LogP contribution in [0, 0.1) is 0 Å². The van der Waals surface area contributed by atoms with Crippen LogP contribution in [0.3, 0.4) is 0 Å². The van der Waals surface area contributed by atoms with Crippen LogP contribution in [0.1, 0.15) is 29.2 Å². The van der Waals surface area contributed by atoms with E-state index in [1.165, 1.54) is 6.07 Å². The lowest BCUT2D eigenvalue weighted by molar-refractivity contribution is 0.0689. The molecule has 3 rings (SSSR count). The van der Waals surface area contributed by atoms with Crippen molar-refractivity contribution in [1.82, 2.24) is 9.97 Å². The molecule has 2 heterocycles. The molecule has 22 heavy (non-hydrogen) atoms. The van der Waals surface area contributed by atoms with Crippen LogP contribution in [-0.4, -0.2) is 34.1 Å². The summed E-state index contributed by atoms with van der Waals surface area (Å²) < 4.78 is 5.61. The van der Waals surface area contributed by atoms with Crippen molar-refractivity contribution < 1.29 is 14.6 Å². The minimum atomic E-state index is -1.05. The lowest BCUT2D eigenvalue weighted by atomic mass is 10.3. The molecule has 1 aromatic carbocycles. The molecule has 0 spiro atoms. The standard InChI is InChI=1S/C16H17N3O3/c20-16(21)13-10-15(19-8-4-5-9-19)18-14(17-13)11-22-12-6-2-1-3-7-12/h1-3,6-7,10H,4-5,8-9,11H2,(H,20,21). The predicted octanol–water partition coefficient (Wildman–Crippen LogP) is 2.35. The van der Waals surface area contributed by atoms with Crippen molar-refractivity contribution in [3.63, 3.8) is 0 Å². The molecule has 0 aliphatic carbocycles. The number of hydrogen-bond donors (Lipinski definition) is 1. The lowest BCUT2D eigenvalue weighted by Gasteiger charge is -2.17. The summed E-state index contributed by atoms with van der Waals surface area (Å²) in [5, 5.41) is 9.21. The van der Waals surface area contributed by atoms with Crippen LogP contribution in [0.15, 0.2) is 36.4 Å². The Labute approximate surface area is 128 Å². The first-order valence-corrected chi connectivity index (χ1v) is 7.26. The normalized spacial score (nSPS) is 14.1. The summed E-state index contributed by atoms with van der Waals surface area (Å²) in [6.07, 6.45) is 2.20. The van der Waals surface area contributed by atoms with Gasteiger partial charge in [0, 0.05) is 19.2 Å². The molecule has 1 N–H and O–H groups in total. The monoisotopic (exact) mass is 299 g/mol. The smallest absolute Gasteiger partial charge is 0.354 e. The molecule has 2 aromatic rings. The fourth-order valence-electron chi connectivity index (χ4n) is 2.43. The first-order chi connectivity index (χ1) is 10.7. The molecule has 0 atom stereocenters. The first-order valence-electron chi connectivity index (χ1n) is 7.26. The number of carboxylic acids is 1. The van der Waals surface area contributed by atoms with Crippen molar-refractivity contribution >= 4 is 11.8 Å². The van der Waals surface area contributed by atoms with Crippen molar-refractivity contribution in [2.75, 3.05) is 18.0 Å². The Bertz CT molecular complexity index is 655. The van der Waals surface area contributed by atoms with Crippen LogP contribution >= 0.6 is 0 Å². The maximum absolute atomic E-state index is 11.2. The van der Waals surface area contributed by atoms with E-state index in [1.54, 1.807) is 0 Å². The van der Waals surface area contributed by atoms with Gasteiger partial charge in [-0.1, -0.05) is 18.2 Å². The molecule has 0 bridgehead atoms. The second kappa shape index (κ2) is 6.43. The van der Waals surface area contributed by atoms with Crippen molar-refractivity contribution in [2.24, 2.45) is 0 Å². The van der Waals surface area contributed by atoms with Crippen LogP contribution in [0.5, 0.6) is 5.75 Å². The molecule has 0 unspecified atom stereocenters. The van der Waals surface area contributed by atoms with E-state index in [1.807, 2.05) is 30.3 Å². The maximum Gasteiger partial charge on any atom is 0.354 e. The number of aromatic carboxylic acids is 1. The summed E-state index contributed by atoms with van der Waals surface area (Å²) in [6, 6.07) is 10.9. The minimum absolute atomic E-state index is 0.00330. The van der Waals surface area contributed by atoms with Gasteiger partial charge in [0.15, 0.2) is 11.5 Å². The Balaban J connectivity index is 1.81. The first kappa shape index (κ1) is 14.3. The summed E-state index contributed by atoms with van der Waals surface area (Å²) in [4.78, 5) is 21.8. The number of benzene rings is 1. The van der Waals surface area contributed by atoms with E-state index >= 15 is 0 Å². The average Bonchev–Trinajstić information content (AvgIpc) is 3.08. The molecule has 1 aromatic heterocycles. The SMILES string of the molecule is O=C(O)c1cc(N2CCCC2)nc(COc2ccccc2)n1. The van der Waals surface area contributed by atoms with E-state index in [0.29, 0.717) is 17.4 Å². The molecule has 1 aliphatic rings. The highest BCUT2D eigenvalue weighted by atomic mass is 16.5. The van der Waals surface area contributed by atoms with Gasteiger partial charge in [-0.15, -0.1) is 0 Å². The third-order valence-corrected chi connectivity index (χ3v) is 3.52. The van der Waals surface area contributed by atoms with E-state index in [-0.39, 0.29) is 12.3 Å². The van der Waals surface area contributed by atoms with Gasteiger partial charge in [-0.3, -0.25) is 0 Å². The van der Waals surface area contributed by atoms with Gasteiger partial charge in [-0.05, 0) is 25.0 Å². The molecule has 6 nitrogen and oxygen atoms in total. The molecule has 1 saturated heterocycles. The van der Waals surface area contributed by atoms with Gasteiger partial charge in [-0.2, -0.15) is 0 Å². The topological polar surface area (TPSA) is 75.5 Å². The minimum Gasteiger partial charge on any atom is -0.486 e. The third kappa shape index (κ3) is 3.33. The molecule has 0 radical (unpaired) electrons. The molecule has 114 valence electrons. The zero-order valence-electron chi connectivity index (χ0n) is 12.1. The van der Waals surface area contributed by atoms with Crippen LogP contribution in [0.2, 0.25) is 0 Å². The van der Waals surface area contributed by atoms with E-state index < -0.39 is 5.97 Å². The number of nitrogens with zero attached hydrogens (tertiary/aromatic N) is 3. The van der Waals surface area contributed by atoms with E-state index in [2.05, 4.69) is 14.9 Å². The summed E-state index contributed by atoms with van der Waals surface area (Å²) in [5.41, 5.74) is 0.00330. The van der Waals surface area contributed by atoms with Crippen LogP contribution in [0.25, 0.3) is 0 Å². The molecular formula is C16H17N3O3. The van der Waals surface area contributed by atoms with Crippen LogP contribution < -0.4 is 9.64 Å². The van der Waals surface area contributed by atoms with Crippen molar-refractivity contribution in [1.29, 1.82) is 0 Å². The highest BCUT2D eigenvalue weighted by Crippen LogP contribution is 2.19. The van der Waals surface area contributed by atoms with Gasteiger partial charge in [0.25, 0.3) is 0 Å². The summed E-state index contributed by atoms with van der Waals surface area (Å²) in [7, 11) is 0. The Hall–Kier alpha value is -2.63. The lowest BCUT2D eigenvalue weighted by Crippen LogP contribution is -2.21. The zero-order valence-corrected chi connectivity index (χ0v) is 12.1. The number of ether oxygens (including phenoxy) is 1. The highest BCUT2D eigenvalue weighted by Gasteiger charge is 2.18. The van der Waals surface area contributed by atoms with Gasteiger partial charge >= 0.3 is 5.97 Å². The van der Waals surface area contributed by atoms with Gasteiger partial charge in [0.05, 0.1) is 0 Å². The van der Waals surface area contributed by atoms with E-state index in [9.17, 15) is 9.90 Å². The van der Waals surface area contributed by atoms with Gasteiger partial charge in [0.1, 0.15) is 18.2 Å². The third-order valence-electron chi connectivity index (χ3n) is 3.52. The Morgan fingerprint density at radius 1 is 1.18 bits per heavy atom. The molecule has 6 heteroatoms. The molecule has 0 saturated carbocycles. The second-order valence-corrected chi connectivity index (χ2v) is 5.13. The Morgan fingerprint density at radius 3 is 2.59 bits per heavy atom. The molecule has 0 amide bonds. The predicted molar refractivity (Wildman–Crippen MR) is 81.2 cm³/mol. The molecule has 1 aliphatic heterocycles. The van der Waals surface area contributed by atoms with Crippen molar-refractivity contribution in [3.05, 3.63) is 47.9 Å². The summed E-state index contributed by atoms with van der Waals surface area (Å²) in [5.74, 6) is 0.695. The van der Waals surface area contributed by atoms with Crippen molar-refractivity contribution in [2.45, 2.75) is 19.4 Å². The highest BCUT2D eigenvalue weighted by molar-refractivity contribution is 5.86.